The predicted octanol–water partition coefficient (Wildman–Crippen LogP) is 4.87. The fourth-order valence-electron chi connectivity index (χ4n) is 7.96. The van der Waals surface area contributed by atoms with E-state index in [0.29, 0.717) is 29.4 Å². The minimum Gasteiger partial charge on any atom is -0.451 e. The molecule has 2 amide bonds. The zero-order chi connectivity index (χ0) is 30.5. The molecule has 4 atom stereocenters. The number of aromatic nitrogens is 2. The van der Waals surface area contributed by atoms with Crippen LogP contribution in [0.15, 0.2) is 30.7 Å². The third-order valence-electron chi connectivity index (χ3n) is 10.2. The van der Waals surface area contributed by atoms with Crippen LogP contribution in [0.4, 0.5) is 10.2 Å². The number of nitrogens with zero attached hydrogens (tertiary/aromatic N) is 5. The average molecular weight is 593 g/mol. The topological polar surface area (TPSA) is 90.9 Å². The number of piperidine rings is 3. The van der Waals surface area contributed by atoms with Crippen molar-refractivity contribution in [1.29, 1.82) is 0 Å². The monoisotopic (exact) mass is 592 g/mol. The molecule has 2 aromatic rings. The molecule has 10 heteroatoms. The van der Waals surface area contributed by atoms with Crippen molar-refractivity contribution in [3.05, 3.63) is 42.1 Å². The van der Waals surface area contributed by atoms with Crippen molar-refractivity contribution < 1.29 is 18.7 Å². The first-order valence-corrected chi connectivity index (χ1v) is 15.9. The second-order valence-electron chi connectivity index (χ2n) is 13.8. The minimum absolute atomic E-state index is 0.0148. The fourth-order valence-corrected chi connectivity index (χ4v) is 7.96. The number of fused-ring (bicyclic) bond motifs is 3. The second kappa shape index (κ2) is 11.7. The zero-order valence-corrected chi connectivity index (χ0v) is 26.1. The van der Waals surface area contributed by atoms with Gasteiger partial charge in [0, 0.05) is 49.7 Å². The fraction of sp³-hybridized carbons (Fsp3) is 0.636. The Morgan fingerprint density at radius 2 is 1.81 bits per heavy atom. The van der Waals surface area contributed by atoms with E-state index in [1.807, 2.05) is 27.7 Å². The lowest BCUT2D eigenvalue weighted by Crippen LogP contribution is -2.65. The Hall–Kier alpha value is -3.27. The summed E-state index contributed by atoms with van der Waals surface area (Å²) in [4.78, 5) is 41.7. The van der Waals surface area contributed by atoms with Gasteiger partial charge in [0.25, 0.3) is 5.91 Å². The van der Waals surface area contributed by atoms with E-state index < -0.39 is 5.82 Å². The molecule has 1 N–H and O–H groups in total. The van der Waals surface area contributed by atoms with E-state index in [9.17, 15) is 14.0 Å². The molecule has 5 fully saturated rings. The maximum absolute atomic E-state index is 14.3. The van der Waals surface area contributed by atoms with Crippen LogP contribution in [0.1, 0.15) is 77.1 Å². The molecule has 1 saturated carbocycles. The standard InChI is InChI=1S/C33H45FN6O3/c1-20(2)40(21(3)4)31(41)25-15-24(34)7-9-27(25)43-28-16-35-19-36-30(28)39-17-33(18-39)10-12-38(13-11-33)32(42)29-23-6-8-26(37-29)22(5)14-23/h7,9,15-16,19-23,26,29,37H,6,8,10-14,17-18H2,1-5H3/t22-,23-,26?,29+/m1/s1. The largest absolute Gasteiger partial charge is 0.451 e. The van der Waals surface area contributed by atoms with E-state index in [1.165, 1.54) is 30.9 Å². The van der Waals surface area contributed by atoms with Crippen LogP contribution < -0.4 is 15.0 Å². The van der Waals surface area contributed by atoms with Gasteiger partial charge in [0.05, 0.1) is 17.8 Å². The molecule has 1 aliphatic carbocycles. The van der Waals surface area contributed by atoms with Gasteiger partial charge >= 0.3 is 0 Å². The summed E-state index contributed by atoms with van der Waals surface area (Å²) < 4.78 is 20.6. The highest BCUT2D eigenvalue weighted by Gasteiger charge is 2.49. The van der Waals surface area contributed by atoms with E-state index in [1.54, 1.807) is 11.1 Å². The van der Waals surface area contributed by atoms with Crippen LogP contribution in [-0.2, 0) is 4.79 Å². The molecule has 1 unspecified atom stereocenters. The second-order valence-corrected chi connectivity index (χ2v) is 13.8. The lowest BCUT2D eigenvalue weighted by atomic mass is 9.69. The first-order chi connectivity index (χ1) is 20.5. The maximum Gasteiger partial charge on any atom is 0.258 e. The number of amides is 2. The van der Waals surface area contributed by atoms with Crippen LogP contribution in [0.25, 0.3) is 0 Å². The summed E-state index contributed by atoms with van der Waals surface area (Å²) in [5.41, 5.74) is 0.308. The molecule has 0 radical (unpaired) electrons. The highest BCUT2D eigenvalue weighted by atomic mass is 19.1. The van der Waals surface area contributed by atoms with Crippen LogP contribution >= 0.6 is 0 Å². The molecule has 9 nitrogen and oxygen atoms in total. The lowest BCUT2D eigenvalue weighted by molar-refractivity contribution is -0.140. The normalized spacial score (nSPS) is 26.1. The Morgan fingerprint density at radius 1 is 1.09 bits per heavy atom. The van der Waals surface area contributed by atoms with Crippen LogP contribution in [0.5, 0.6) is 11.5 Å². The lowest BCUT2D eigenvalue weighted by Gasteiger charge is -2.55. The van der Waals surface area contributed by atoms with Gasteiger partial charge in [0.15, 0.2) is 11.6 Å². The Balaban J connectivity index is 1.11. The number of likely N-dealkylation sites (tertiary alicyclic amines) is 1. The third-order valence-corrected chi connectivity index (χ3v) is 10.2. The summed E-state index contributed by atoms with van der Waals surface area (Å²) in [5.74, 6) is 1.99. The molecule has 232 valence electrons. The highest BCUT2D eigenvalue weighted by Crippen LogP contribution is 2.45. The first kappa shape index (κ1) is 29.8. The number of ether oxygens (including phenoxy) is 1. The van der Waals surface area contributed by atoms with Crippen LogP contribution in [-0.4, -0.2) is 81.9 Å². The molecule has 1 spiro atoms. The number of halogens is 1. The van der Waals surface area contributed by atoms with Crippen molar-refractivity contribution in [2.45, 2.75) is 90.9 Å². The van der Waals surface area contributed by atoms with Crippen molar-refractivity contribution in [3.8, 4) is 11.5 Å². The Kier molecular flexibility index (Phi) is 8.08. The van der Waals surface area contributed by atoms with Gasteiger partial charge in [-0.3, -0.25) is 9.59 Å². The Morgan fingerprint density at radius 3 is 2.44 bits per heavy atom. The summed E-state index contributed by atoms with van der Waals surface area (Å²) in [7, 11) is 0. The molecule has 4 aliphatic heterocycles. The Labute approximate surface area is 254 Å². The number of hydrogen-bond acceptors (Lipinski definition) is 7. The molecule has 1 aromatic heterocycles. The number of anilines is 1. The van der Waals surface area contributed by atoms with Crippen LogP contribution in [0.3, 0.4) is 0 Å². The summed E-state index contributed by atoms with van der Waals surface area (Å²) >= 11 is 0. The third kappa shape index (κ3) is 5.70. The van der Waals surface area contributed by atoms with Gasteiger partial charge in [-0.15, -0.1) is 0 Å². The molecular weight excluding hydrogens is 547 g/mol. The summed E-state index contributed by atoms with van der Waals surface area (Å²) in [6.45, 7) is 13.3. The van der Waals surface area contributed by atoms with Crippen molar-refractivity contribution in [2.24, 2.45) is 17.3 Å². The van der Waals surface area contributed by atoms with E-state index in [0.717, 1.165) is 51.9 Å². The van der Waals surface area contributed by atoms with Gasteiger partial charge in [-0.05, 0) is 89.8 Å². The van der Waals surface area contributed by atoms with Gasteiger partial charge in [0.2, 0.25) is 5.91 Å². The van der Waals surface area contributed by atoms with E-state index in [4.69, 9.17) is 4.74 Å². The number of nitrogens with one attached hydrogen (secondary N) is 1. The quantitative estimate of drug-likeness (QED) is 0.491. The number of carbonyl (C=O) groups is 2. The van der Waals surface area contributed by atoms with E-state index in [-0.39, 0.29) is 46.7 Å². The maximum atomic E-state index is 14.3. The number of rotatable bonds is 7. The van der Waals surface area contributed by atoms with E-state index >= 15 is 0 Å². The summed E-state index contributed by atoms with van der Waals surface area (Å²) in [6, 6.07) is 4.38. The van der Waals surface area contributed by atoms with Gasteiger partial charge in [-0.2, -0.15) is 0 Å². The minimum atomic E-state index is -0.497. The van der Waals surface area contributed by atoms with Gasteiger partial charge in [-0.25, -0.2) is 14.4 Å². The zero-order valence-electron chi connectivity index (χ0n) is 26.1. The van der Waals surface area contributed by atoms with Crippen LogP contribution in [0, 0.1) is 23.1 Å². The van der Waals surface area contributed by atoms with E-state index in [2.05, 4.69) is 32.0 Å². The molecule has 5 aliphatic rings. The number of benzene rings is 1. The van der Waals surface area contributed by atoms with Crippen molar-refractivity contribution in [3.63, 3.8) is 0 Å². The average Bonchev–Trinajstić information content (AvgIpc) is 2.97. The SMILES string of the molecule is CC(C)N(C(=O)c1cc(F)ccc1Oc1cncnc1N1CC2(CCN(C(=O)[C@H]3NC4CC[C@@H]3C[C@H]4C)CC2)C1)C(C)C. The number of carbonyl (C=O) groups excluding carboxylic acids is 2. The molecule has 5 heterocycles. The molecule has 1 aromatic carbocycles. The molecule has 7 rings (SSSR count). The molecular formula is C33H45FN6O3. The highest BCUT2D eigenvalue weighted by molar-refractivity contribution is 5.97. The summed E-state index contributed by atoms with van der Waals surface area (Å²) in [6.07, 6.45) is 8.53. The predicted molar refractivity (Wildman–Crippen MR) is 163 cm³/mol. The Bertz CT molecular complexity index is 1340. The van der Waals surface area contributed by atoms with Gasteiger partial charge < -0.3 is 24.8 Å². The van der Waals surface area contributed by atoms with Crippen molar-refractivity contribution in [1.82, 2.24) is 25.1 Å². The number of hydrogen-bond donors (Lipinski definition) is 1. The summed E-state index contributed by atoms with van der Waals surface area (Å²) in [5, 5.41) is 3.66. The van der Waals surface area contributed by atoms with Crippen LogP contribution in [0.2, 0.25) is 0 Å². The van der Waals surface area contributed by atoms with Gasteiger partial charge in [-0.1, -0.05) is 6.92 Å². The van der Waals surface area contributed by atoms with Crippen molar-refractivity contribution >= 4 is 17.6 Å². The molecule has 2 bridgehead atoms. The smallest absolute Gasteiger partial charge is 0.258 e. The van der Waals surface area contributed by atoms with Crippen molar-refractivity contribution in [2.75, 3.05) is 31.1 Å². The molecule has 4 saturated heterocycles. The molecule has 43 heavy (non-hydrogen) atoms. The van der Waals surface area contributed by atoms with Gasteiger partial charge in [0.1, 0.15) is 17.9 Å². The first-order valence-electron chi connectivity index (χ1n) is 15.9.